The van der Waals surface area contributed by atoms with Gasteiger partial charge >= 0.3 is 0 Å². The van der Waals surface area contributed by atoms with E-state index < -0.39 is 0 Å². The average molecular weight is 209 g/mol. The fourth-order valence-electron chi connectivity index (χ4n) is 1.48. The van der Waals surface area contributed by atoms with Crippen LogP contribution >= 0.6 is 0 Å². The quantitative estimate of drug-likeness (QED) is 0.683. The Labute approximate surface area is 90.5 Å². The van der Waals surface area contributed by atoms with Gasteiger partial charge in [0, 0.05) is 26.1 Å². The molecule has 0 aliphatic rings. The Bertz CT molecular complexity index is 307. The second-order valence-electron chi connectivity index (χ2n) is 3.81. The van der Waals surface area contributed by atoms with E-state index in [1.807, 2.05) is 19.4 Å². The predicted molar refractivity (Wildman–Crippen MR) is 59.4 cm³/mol. The summed E-state index contributed by atoms with van der Waals surface area (Å²) in [5.74, 6) is 0.326. The first-order chi connectivity index (χ1) is 7.22. The standard InChI is InChI=1S/C11H19N3O/c1-14-9-10(8-13-14)5-6-11(15)4-2-3-7-12/h8-9H,2-7,12H2,1H3. The molecule has 0 radical (unpaired) electrons. The molecule has 0 aliphatic carbocycles. The third-order valence-electron chi connectivity index (χ3n) is 2.36. The van der Waals surface area contributed by atoms with Gasteiger partial charge in [-0.15, -0.1) is 0 Å². The summed E-state index contributed by atoms with van der Waals surface area (Å²) in [6.07, 6.45) is 7.71. The zero-order valence-electron chi connectivity index (χ0n) is 9.28. The number of hydrogen-bond acceptors (Lipinski definition) is 3. The van der Waals surface area contributed by atoms with E-state index in [4.69, 9.17) is 5.73 Å². The van der Waals surface area contributed by atoms with Crippen molar-refractivity contribution in [2.45, 2.75) is 32.1 Å². The van der Waals surface area contributed by atoms with Gasteiger partial charge in [-0.05, 0) is 31.4 Å². The minimum atomic E-state index is 0.326. The molecule has 4 heteroatoms. The first kappa shape index (κ1) is 11.9. The number of carbonyl (C=O) groups is 1. The molecule has 0 amide bonds. The fourth-order valence-corrected chi connectivity index (χ4v) is 1.48. The van der Waals surface area contributed by atoms with Crippen molar-refractivity contribution in [3.05, 3.63) is 18.0 Å². The van der Waals surface area contributed by atoms with Crippen molar-refractivity contribution >= 4 is 5.78 Å². The van der Waals surface area contributed by atoms with Crippen molar-refractivity contribution in [1.82, 2.24) is 9.78 Å². The number of aryl methyl sites for hydroxylation is 2. The zero-order chi connectivity index (χ0) is 11.1. The summed E-state index contributed by atoms with van der Waals surface area (Å²) in [7, 11) is 1.88. The van der Waals surface area contributed by atoms with Crippen LogP contribution in [-0.2, 0) is 18.3 Å². The number of nitrogens with two attached hydrogens (primary N) is 1. The highest BCUT2D eigenvalue weighted by molar-refractivity contribution is 5.78. The van der Waals surface area contributed by atoms with Gasteiger partial charge in [-0.1, -0.05) is 0 Å². The van der Waals surface area contributed by atoms with E-state index in [1.165, 1.54) is 0 Å². The molecule has 0 aromatic carbocycles. The normalized spacial score (nSPS) is 10.5. The summed E-state index contributed by atoms with van der Waals surface area (Å²) in [6.45, 7) is 0.676. The minimum Gasteiger partial charge on any atom is -0.330 e. The lowest BCUT2D eigenvalue weighted by Gasteiger charge is -1.98. The topological polar surface area (TPSA) is 60.9 Å². The molecule has 0 spiro atoms. The molecule has 1 aromatic rings. The number of aromatic nitrogens is 2. The second-order valence-corrected chi connectivity index (χ2v) is 3.81. The van der Waals surface area contributed by atoms with Crippen LogP contribution in [0.3, 0.4) is 0 Å². The number of ketones is 1. The maximum Gasteiger partial charge on any atom is 0.133 e. The van der Waals surface area contributed by atoms with Crippen LogP contribution in [0.2, 0.25) is 0 Å². The minimum absolute atomic E-state index is 0.326. The molecule has 0 saturated carbocycles. The highest BCUT2D eigenvalue weighted by Crippen LogP contribution is 2.05. The molecular weight excluding hydrogens is 190 g/mol. The molecule has 4 nitrogen and oxygen atoms in total. The summed E-state index contributed by atoms with van der Waals surface area (Å²) >= 11 is 0. The van der Waals surface area contributed by atoms with E-state index >= 15 is 0 Å². The molecule has 15 heavy (non-hydrogen) atoms. The monoisotopic (exact) mass is 209 g/mol. The molecule has 0 fully saturated rings. The highest BCUT2D eigenvalue weighted by atomic mass is 16.1. The van der Waals surface area contributed by atoms with Gasteiger partial charge in [-0.3, -0.25) is 9.48 Å². The number of nitrogens with zero attached hydrogens (tertiary/aromatic N) is 2. The summed E-state index contributed by atoms with van der Waals surface area (Å²) in [4.78, 5) is 11.4. The van der Waals surface area contributed by atoms with Gasteiger partial charge in [0.05, 0.1) is 6.20 Å². The van der Waals surface area contributed by atoms with Gasteiger partial charge in [-0.2, -0.15) is 5.10 Å². The predicted octanol–water partition coefficient (Wildman–Crippen LogP) is 1.05. The van der Waals surface area contributed by atoms with Gasteiger partial charge in [0.25, 0.3) is 0 Å². The van der Waals surface area contributed by atoms with Crippen LogP contribution in [0.4, 0.5) is 0 Å². The lowest BCUT2D eigenvalue weighted by Crippen LogP contribution is -2.03. The third-order valence-corrected chi connectivity index (χ3v) is 2.36. The molecule has 0 atom stereocenters. The summed E-state index contributed by atoms with van der Waals surface area (Å²) in [5, 5.41) is 4.06. The van der Waals surface area contributed by atoms with Crippen LogP contribution < -0.4 is 5.73 Å². The molecule has 1 aromatic heterocycles. The summed E-state index contributed by atoms with van der Waals surface area (Å²) < 4.78 is 1.76. The first-order valence-electron chi connectivity index (χ1n) is 5.41. The summed E-state index contributed by atoms with van der Waals surface area (Å²) in [5.41, 5.74) is 6.49. The molecular formula is C11H19N3O. The van der Waals surface area contributed by atoms with Crippen molar-refractivity contribution in [2.24, 2.45) is 12.8 Å². The zero-order valence-corrected chi connectivity index (χ0v) is 9.28. The van der Waals surface area contributed by atoms with E-state index in [2.05, 4.69) is 5.10 Å². The number of rotatable bonds is 7. The molecule has 0 saturated heterocycles. The van der Waals surface area contributed by atoms with E-state index in [0.29, 0.717) is 25.2 Å². The van der Waals surface area contributed by atoms with Gasteiger partial charge in [0.15, 0.2) is 0 Å². The largest absolute Gasteiger partial charge is 0.330 e. The SMILES string of the molecule is Cn1cc(CCC(=O)CCCCN)cn1. The molecule has 0 unspecified atom stereocenters. The molecule has 0 aliphatic heterocycles. The van der Waals surface area contributed by atoms with Crippen molar-refractivity contribution in [3.63, 3.8) is 0 Å². The van der Waals surface area contributed by atoms with Crippen molar-refractivity contribution < 1.29 is 4.79 Å². The highest BCUT2D eigenvalue weighted by Gasteiger charge is 2.03. The average Bonchev–Trinajstić information content (AvgIpc) is 2.62. The smallest absolute Gasteiger partial charge is 0.133 e. The van der Waals surface area contributed by atoms with Gasteiger partial charge in [0.2, 0.25) is 0 Å². The second kappa shape index (κ2) is 6.35. The Morgan fingerprint density at radius 2 is 2.27 bits per heavy atom. The van der Waals surface area contributed by atoms with Crippen LogP contribution in [-0.4, -0.2) is 22.1 Å². The fraction of sp³-hybridized carbons (Fsp3) is 0.636. The van der Waals surface area contributed by atoms with Crippen LogP contribution in [0, 0.1) is 0 Å². The van der Waals surface area contributed by atoms with Crippen LogP contribution in [0.25, 0.3) is 0 Å². The van der Waals surface area contributed by atoms with Crippen LogP contribution in [0.1, 0.15) is 31.2 Å². The van der Waals surface area contributed by atoms with Gasteiger partial charge in [-0.25, -0.2) is 0 Å². The molecule has 1 rings (SSSR count). The number of carbonyl (C=O) groups excluding carboxylic acids is 1. The lowest BCUT2D eigenvalue weighted by molar-refractivity contribution is -0.119. The first-order valence-corrected chi connectivity index (χ1v) is 5.41. The Morgan fingerprint density at radius 3 is 2.87 bits per heavy atom. The molecule has 0 bridgehead atoms. The van der Waals surface area contributed by atoms with Crippen LogP contribution in [0.5, 0.6) is 0 Å². The number of Topliss-reactive ketones (excluding diaryl/α,β-unsaturated/α-hetero) is 1. The third kappa shape index (κ3) is 4.74. The Kier molecular flexibility index (Phi) is 5.04. The van der Waals surface area contributed by atoms with E-state index in [-0.39, 0.29) is 0 Å². The maximum absolute atomic E-state index is 11.4. The van der Waals surface area contributed by atoms with Crippen molar-refractivity contribution in [2.75, 3.05) is 6.54 Å². The van der Waals surface area contributed by atoms with Gasteiger partial charge < -0.3 is 5.73 Å². The van der Waals surface area contributed by atoms with E-state index in [9.17, 15) is 4.79 Å². The molecule has 1 heterocycles. The number of hydrogen-bond donors (Lipinski definition) is 1. The van der Waals surface area contributed by atoms with Crippen LogP contribution in [0.15, 0.2) is 12.4 Å². The molecule has 2 N–H and O–H groups in total. The number of unbranched alkanes of at least 4 members (excludes halogenated alkanes) is 1. The van der Waals surface area contributed by atoms with Crippen molar-refractivity contribution in [1.29, 1.82) is 0 Å². The Morgan fingerprint density at radius 1 is 1.47 bits per heavy atom. The lowest BCUT2D eigenvalue weighted by atomic mass is 10.1. The Balaban J connectivity index is 2.16. The van der Waals surface area contributed by atoms with E-state index in [0.717, 1.165) is 24.8 Å². The van der Waals surface area contributed by atoms with E-state index in [1.54, 1.807) is 4.68 Å². The molecule has 84 valence electrons. The van der Waals surface area contributed by atoms with Gasteiger partial charge in [0.1, 0.15) is 5.78 Å². The maximum atomic E-state index is 11.4. The Hall–Kier alpha value is -1.16. The van der Waals surface area contributed by atoms with Crippen molar-refractivity contribution in [3.8, 4) is 0 Å². The summed E-state index contributed by atoms with van der Waals surface area (Å²) in [6, 6.07) is 0.